The van der Waals surface area contributed by atoms with Crippen LogP contribution < -0.4 is 19.7 Å². The number of benzene rings is 1. The standard InChI is InChI=1S/C21H33N3O2/c1-25-20-9-8-18(14-21(20)26-19-6-2-3-7-19)24-13-10-22-17(16-24)15-23-11-4-5-12-23/h8-9,14,17,19,22H,2-7,10-13,15-16H2,1H3. The quantitative estimate of drug-likeness (QED) is 0.845. The molecule has 2 aliphatic heterocycles. The molecule has 5 nitrogen and oxygen atoms in total. The molecule has 0 bridgehead atoms. The Hall–Kier alpha value is -1.46. The van der Waals surface area contributed by atoms with Gasteiger partial charge in [-0.15, -0.1) is 0 Å². The third kappa shape index (κ3) is 4.26. The molecule has 3 fully saturated rings. The van der Waals surface area contributed by atoms with E-state index in [0.29, 0.717) is 12.1 Å². The van der Waals surface area contributed by atoms with Crippen LogP contribution in [0.15, 0.2) is 18.2 Å². The van der Waals surface area contributed by atoms with E-state index >= 15 is 0 Å². The van der Waals surface area contributed by atoms with Crippen molar-refractivity contribution >= 4 is 5.69 Å². The summed E-state index contributed by atoms with van der Waals surface area (Å²) in [6.45, 7) is 6.85. The third-order valence-corrected chi connectivity index (χ3v) is 6.04. The molecule has 2 saturated heterocycles. The van der Waals surface area contributed by atoms with Crippen LogP contribution in [0.2, 0.25) is 0 Å². The van der Waals surface area contributed by atoms with Crippen LogP contribution in [0.4, 0.5) is 5.69 Å². The van der Waals surface area contributed by atoms with Crippen molar-refractivity contribution in [1.29, 1.82) is 0 Å². The molecular weight excluding hydrogens is 326 g/mol. The van der Waals surface area contributed by atoms with Gasteiger partial charge in [0.15, 0.2) is 11.5 Å². The molecule has 3 aliphatic rings. The van der Waals surface area contributed by atoms with Crippen LogP contribution in [0.3, 0.4) is 0 Å². The zero-order chi connectivity index (χ0) is 17.8. The Morgan fingerprint density at radius 3 is 2.62 bits per heavy atom. The minimum Gasteiger partial charge on any atom is -0.493 e. The summed E-state index contributed by atoms with van der Waals surface area (Å²) < 4.78 is 11.8. The first-order chi connectivity index (χ1) is 12.8. The molecule has 1 aliphatic carbocycles. The molecule has 5 heteroatoms. The zero-order valence-corrected chi connectivity index (χ0v) is 16.1. The van der Waals surface area contributed by atoms with Gasteiger partial charge in [0.05, 0.1) is 13.2 Å². The maximum Gasteiger partial charge on any atom is 0.163 e. The second-order valence-corrected chi connectivity index (χ2v) is 7.96. The number of hydrogen-bond donors (Lipinski definition) is 1. The highest BCUT2D eigenvalue weighted by molar-refractivity contribution is 5.57. The van der Waals surface area contributed by atoms with E-state index in [1.165, 1.54) is 57.3 Å². The van der Waals surface area contributed by atoms with Gasteiger partial charge in [0.25, 0.3) is 0 Å². The van der Waals surface area contributed by atoms with Crippen LogP contribution in [0.25, 0.3) is 0 Å². The van der Waals surface area contributed by atoms with Gasteiger partial charge in [-0.25, -0.2) is 0 Å². The van der Waals surface area contributed by atoms with Crippen LogP contribution in [-0.2, 0) is 0 Å². The number of anilines is 1. The fraction of sp³-hybridized carbons (Fsp3) is 0.714. The first-order valence-corrected chi connectivity index (χ1v) is 10.4. The van der Waals surface area contributed by atoms with E-state index in [1.54, 1.807) is 7.11 Å². The molecule has 26 heavy (non-hydrogen) atoms. The molecule has 1 atom stereocenters. The van der Waals surface area contributed by atoms with Gasteiger partial charge in [0.1, 0.15) is 0 Å². The highest BCUT2D eigenvalue weighted by Gasteiger charge is 2.24. The molecular formula is C21H33N3O2. The Kier molecular flexibility index (Phi) is 5.85. The normalized spacial score (nSPS) is 25.0. The summed E-state index contributed by atoms with van der Waals surface area (Å²) in [5.41, 5.74) is 1.26. The summed E-state index contributed by atoms with van der Waals surface area (Å²) in [5.74, 6) is 1.76. The molecule has 1 aromatic carbocycles. The van der Waals surface area contributed by atoms with E-state index in [-0.39, 0.29) is 0 Å². The van der Waals surface area contributed by atoms with Crippen molar-refractivity contribution in [3.05, 3.63) is 18.2 Å². The highest BCUT2D eigenvalue weighted by Crippen LogP contribution is 2.35. The van der Waals surface area contributed by atoms with Gasteiger partial charge in [-0.3, -0.25) is 0 Å². The van der Waals surface area contributed by atoms with Gasteiger partial charge in [0, 0.05) is 44.0 Å². The fourth-order valence-electron chi connectivity index (χ4n) is 4.60. The van der Waals surface area contributed by atoms with E-state index in [1.807, 2.05) is 0 Å². The van der Waals surface area contributed by atoms with Crippen molar-refractivity contribution in [2.45, 2.75) is 50.7 Å². The molecule has 2 heterocycles. The number of piperazine rings is 1. The molecule has 4 rings (SSSR count). The lowest BCUT2D eigenvalue weighted by atomic mass is 10.1. The highest BCUT2D eigenvalue weighted by atomic mass is 16.5. The number of hydrogen-bond acceptors (Lipinski definition) is 5. The summed E-state index contributed by atoms with van der Waals surface area (Å²) in [4.78, 5) is 5.10. The largest absolute Gasteiger partial charge is 0.493 e. The molecule has 1 saturated carbocycles. The predicted octanol–water partition coefficient (Wildman–Crippen LogP) is 2.89. The molecule has 144 valence electrons. The van der Waals surface area contributed by atoms with Gasteiger partial charge in [-0.05, 0) is 63.7 Å². The predicted molar refractivity (Wildman–Crippen MR) is 106 cm³/mol. The SMILES string of the molecule is COc1ccc(N2CCNC(CN3CCCC3)C2)cc1OC1CCCC1. The number of ether oxygens (including phenoxy) is 2. The average molecular weight is 360 g/mol. The molecule has 0 radical (unpaired) electrons. The average Bonchev–Trinajstić information content (AvgIpc) is 3.36. The number of nitrogens with one attached hydrogen (secondary N) is 1. The first kappa shape index (κ1) is 17.9. The molecule has 1 aromatic rings. The second kappa shape index (κ2) is 8.49. The lowest BCUT2D eigenvalue weighted by molar-refractivity contribution is 0.201. The summed E-state index contributed by atoms with van der Waals surface area (Å²) in [6.07, 6.45) is 7.96. The maximum absolute atomic E-state index is 6.29. The van der Waals surface area contributed by atoms with Gasteiger partial charge >= 0.3 is 0 Å². The Balaban J connectivity index is 1.43. The van der Waals surface area contributed by atoms with Crippen LogP contribution in [0, 0.1) is 0 Å². The Labute approximate surface area is 157 Å². The van der Waals surface area contributed by atoms with Crippen LogP contribution in [-0.4, -0.2) is 63.4 Å². The number of likely N-dealkylation sites (tertiary alicyclic amines) is 1. The van der Waals surface area contributed by atoms with E-state index in [4.69, 9.17) is 9.47 Å². The van der Waals surface area contributed by atoms with Gasteiger partial charge in [-0.1, -0.05) is 0 Å². The molecule has 0 amide bonds. The van der Waals surface area contributed by atoms with E-state index in [2.05, 4.69) is 33.3 Å². The summed E-state index contributed by atoms with van der Waals surface area (Å²) in [5, 5.41) is 3.70. The third-order valence-electron chi connectivity index (χ3n) is 6.04. The van der Waals surface area contributed by atoms with Crippen molar-refractivity contribution in [2.75, 3.05) is 51.3 Å². The van der Waals surface area contributed by atoms with Crippen LogP contribution >= 0.6 is 0 Å². The lowest BCUT2D eigenvalue weighted by Crippen LogP contribution is -2.54. The fourth-order valence-corrected chi connectivity index (χ4v) is 4.60. The van der Waals surface area contributed by atoms with Crippen molar-refractivity contribution in [1.82, 2.24) is 10.2 Å². The van der Waals surface area contributed by atoms with E-state index < -0.39 is 0 Å². The van der Waals surface area contributed by atoms with Crippen molar-refractivity contribution in [3.8, 4) is 11.5 Å². The maximum atomic E-state index is 6.29. The number of rotatable bonds is 6. The number of methoxy groups -OCH3 is 1. The first-order valence-electron chi connectivity index (χ1n) is 10.4. The smallest absolute Gasteiger partial charge is 0.163 e. The summed E-state index contributed by atoms with van der Waals surface area (Å²) >= 11 is 0. The minimum atomic E-state index is 0.352. The Morgan fingerprint density at radius 1 is 1.04 bits per heavy atom. The summed E-state index contributed by atoms with van der Waals surface area (Å²) in [6, 6.07) is 6.98. The zero-order valence-electron chi connectivity index (χ0n) is 16.1. The Bertz CT molecular complexity index is 583. The van der Waals surface area contributed by atoms with E-state index in [9.17, 15) is 0 Å². The van der Waals surface area contributed by atoms with Gasteiger partial charge in [-0.2, -0.15) is 0 Å². The Morgan fingerprint density at radius 2 is 1.85 bits per heavy atom. The van der Waals surface area contributed by atoms with Gasteiger partial charge < -0.3 is 24.6 Å². The monoisotopic (exact) mass is 359 g/mol. The van der Waals surface area contributed by atoms with Crippen molar-refractivity contribution in [3.63, 3.8) is 0 Å². The number of nitrogens with zero attached hydrogens (tertiary/aromatic N) is 2. The van der Waals surface area contributed by atoms with E-state index in [0.717, 1.165) is 37.7 Å². The molecule has 1 unspecified atom stereocenters. The topological polar surface area (TPSA) is 37.0 Å². The van der Waals surface area contributed by atoms with Crippen LogP contribution in [0.1, 0.15) is 38.5 Å². The van der Waals surface area contributed by atoms with Gasteiger partial charge in [0.2, 0.25) is 0 Å². The molecule has 0 spiro atoms. The second-order valence-electron chi connectivity index (χ2n) is 7.96. The van der Waals surface area contributed by atoms with Crippen molar-refractivity contribution < 1.29 is 9.47 Å². The van der Waals surface area contributed by atoms with Crippen molar-refractivity contribution in [2.24, 2.45) is 0 Å². The minimum absolute atomic E-state index is 0.352. The molecule has 1 N–H and O–H groups in total. The van der Waals surface area contributed by atoms with Crippen LogP contribution in [0.5, 0.6) is 11.5 Å². The summed E-state index contributed by atoms with van der Waals surface area (Å²) in [7, 11) is 1.73. The molecule has 0 aromatic heterocycles. The lowest BCUT2D eigenvalue weighted by Gasteiger charge is -2.37.